The highest BCUT2D eigenvalue weighted by molar-refractivity contribution is 7.88. The van der Waals surface area contributed by atoms with Crippen molar-refractivity contribution in [2.75, 3.05) is 37.3 Å². The number of hydrogen-bond donors (Lipinski definition) is 0. The number of anilines is 1. The van der Waals surface area contributed by atoms with Crippen molar-refractivity contribution >= 4 is 27.4 Å². The fourth-order valence-corrected chi connectivity index (χ4v) is 4.92. The Morgan fingerprint density at radius 3 is 2.45 bits per heavy atom. The first-order valence-electron chi connectivity index (χ1n) is 10.2. The van der Waals surface area contributed by atoms with Crippen LogP contribution >= 0.6 is 11.6 Å². The minimum absolute atomic E-state index is 0.469. The molecule has 156 valence electrons. The van der Waals surface area contributed by atoms with Gasteiger partial charge in [-0.15, -0.1) is 0 Å². The molecule has 0 radical (unpaired) electrons. The molecule has 1 aliphatic carbocycles. The highest BCUT2D eigenvalue weighted by Crippen LogP contribution is 2.40. The molecule has 0 spiro atoms. The van der Waals surface area contributed by atoms with Crippen LogP contribution in [-0.2, 0) is 22.9 Å². The quantitative estimate of drug-likeness (QED) is 0.698. The first-order valence-corrected chi connectivity index (χ1v) is 12.4. The van der Waals surface area contributed by atoms with Gasteiger partial charge in [-0.2, -0.15) is 4.31 Å². The third-order valence-electron chi connectivity index (χ3n) is 5.64. The van der Waals surface area contributed by atoms with Gasteiger partial charge in [0, 0.05) is 54.8 Å². The first kappa shape index (κ1) is 20.6. The maximum absolute atomic E-state index is 11.9. The third-order valence-corrected chi connectivity index (χ3v) is 7.18. The lowest BCUT2D eigenvalue weighted by molar-refractivity contribution is 0.386. The van der Waals surface area contributed by atoms with E-state index in [9.17, 15) is 8.42 Å². The highest BCUT2D eigenvalue weighted by Gasteiger charge is 2.31. The van der Waals surface area contributed by atoms with Crippen molar-refractivity contribution in [3.8, 4) is 0 Å². The third kappa shape index (κ3) is 4.73. The monoisotopic (exact) mass is 434 g/mol. The molecule has 1 aromatic carbocycles. The van der Waals surface area contributed by atoms with Crippen molar-refractivity contribution in [3.05, 3.63) is 51.9 Å². The zero-order chi connectivity index (χ0) is 20.6. The molecule has 1 aliphatic heterocycles. The standard InChI is InChI=1S/C21H27ClN4O2S/c1-3-19-18(14-15-5-4-6-17(22)13-15)21(24-20(23-19)16-7-8-16)25-9-11-26(12-10-25)29(2,27)28/h4-6,13,16H,3,7-12,14H2,1-2H3. The fraction of sp³-hybridized carbons (Fsp3) is 0.524. The second-order valence-electron chi connectivity index (χ2n) is 7.91. The summed E-state index contributed by atoms with van der Waals surface area (Å²) in [7, 11) is -3.16. The summed E-state index contributed by atoms with van der Waals surface area (Å²) in [5.74, 6) is 2.38. The molecule has 0 amide bonds. The molecule has 0 unspecified atom stereocenters. The molecule has 1 aromatic heterocycles. The van der Waals surface area contributed by atoms with Crippen molar-refractivity contribution in [3.63, 3.8) is 0 Å². The molecule has 0 bridgehead atoms. The summed E-state index contributed by atoms with van der Waals surface area (Å²) in [6.45, 7) is 4.38. The average Bonchev–Trinajstić information content (AvgIpc) is 3.53. The van der Waals surface area contributed by atoms with Crippen LogP contribution in [0.15, 0.2) is 24.3 Å². The second-order valence-corrected chi connectivity index (χ2v) is 10.3. The summed E-state index contributed by atoms with van der Waals surface area (Å²) in [5.41, 5.74) is 3.35. The molecule has 2 aromatic rings. The predicted molar refractivity (Wildman–Crippen MR) is 116 cm³/mol. The smallest absolute Gasteiger partial charge is 0.211 e. The molecule has 0 atom stereocenters. The lowest BCUT2D eigenvalue weighted by Crippen LogP contribution is -2.49. The van der Waals surface area contributed by atoms with Gasteiger partial charge in [-0.25, -0.2) is 18.4 Å². The molecule has 2 heterocycles. The Hall–Kier alpha value is -1.70. The number of aryl methyl sites for hydroxylation is 1. The SMILES string of the molecule is CCc1nc(C2CC2)nc(N2CCN(S(C)(=O)=O)CC2)c1Cc1cccc(Cl)c1. The van der Waals surface area contributed by atoms with Crippen LogP contribution in [0.2, 0.25) is 5.02 Å². The molecular formula is C21H27ClN4O2S. The topological polar surface area (TPSA) is 66.4 Å². The van der Waals surface area contributed by atoms with Gasteiger partial charge in [-0.1, -0.05) is 30.7 Å². The number of aromatic nitrogens is 2. The van der Waals surface area contributed by atoms with Crippen molar-refractivity contribution < 1.29 is 8.42 Å². The average molecular weight is 435 g/mol. The van der Waals surface area contributed by atoms with Gasteiger partial charge in [-0.3, -0.25) is 0 Å². The molecule has 2 fully saturated rings. The van der Waals surface area contributed by atoms with E-state index in [4.69, 9.17) is 21.6 Å². The van der Waals surface area contributed by atoms with Crippen molar-refractivity contribution in [1.82, 2.24) is 14.3 Å². The number of piperazine rings is 1. The van der Waals surface area contributed by atoms with Gasteiger partial charge in [0.15, 0.2) is 0 Å². The lowest BCUT2D eigenvalue weighted by atomic mass is 10.0. The molecule has 6 nitrogen and oxygen atoms in total. The number of hydrogen-bond acceptors (Lipinski definition) is 5. The summed E-state index contributed by atoms with van der Waals surface area (Å²) in [6.07, 6.45) is 5.14. The van der Waals surface area contributed by atoms with E-state index in [2.05, 4.69) is 17.9 Å². The Morgan fingerprint density at radius 2 is 1.86 bits per heavy atom. The maximum Gasteiger partial charge on any atom is 0.211 e. The van der Waals surface area contributed by atoms with E-state index in [1.54, 1.807) is 4.31 Å². The Balaban J connectivity index is 1.69. The van der Waals surface area contributed by atoms with Crippen LogP contribution in [0.5, 0.6) is 0 Å². The highest BCUT2D eigenvalue weighted by atomic mass is 35.5. The number of rotatable bonds is 6. The summed E-state index contributed by atoms with van der Waals surface area (Å²) < 4.78 is 25.3. The van der Waals surface area contributed by atoms with Crippen LogP contribution in [-0.4, -0.2) is 55.1 Å². The van der Waals surface area contributed by atoms with Crippen LogP contribution < -0.4 is 4.90 Å². The molecule has 8 heteroatoms. The van der Waals surface area contributed by atoms with Crippen molar-refractivity contribution in [1.29, 1.82) is 0 Å². The lowest BCUT2D eigenvalue weighted by Gasteiger charge is -2.35. The molecule has 1 saturated carbocycles. The van der Waals surface area contributed by atoms with Gasteiger partial charge in [0.05, 0.1) is 6.26 Å². The zero-order valence-corrected chi connectivity index (χ0v) is 18.5. The number of sulfonamides is 1. The molecule has 4 rings (SSSR count). The van der Waals surface area contributed by atoms with E-state index < -0.39 is 10.0 Å². The van der Waals surface area contributed by atoms with Gasteiger partial charge in [-0.05, 0) is 37.0 Å². The second kappa shape index (κ2) is 8.20. The van der Waals surface area contributed by atoms with Crippen LogP contribution in [0.25, 0.3) is 0 Å². The maximum atomic E-state index is 11.9. The van der Waals surface area contributed by atoms with Crippen molar-refractivity contribution in [2.24, 2.45) is 0 Å². The van der Waals surface area contributed by atoms with Crippen molar-refractivity contribution in [2.45, 2.75) is 38.5 Å². The van der Waals surface area contributed by atoms with Crippen LogP contribution in [0.1, 0.15) is 48.3 Å². The normalized spacial score (nSPS) is 18.2. The summed E-state index contributed by atoms with van der Waals surface area (Å²) >= 11 is 6.20. The minimum atomic E-state index is -3.16. The molecule has 29 heavy (non-hydrogen) atoms. The molecule has 1 saturated heterocycles. The van der Waals surface area contributed by atoms with E-state index in [1.165, 1.54) is 6.26 Å². The van der Waals surface area contributed by atoms with E-state index in [0.29, 0.717) is 32.1 Å². The van der Waals surface area contributed by atoms with Gasteiger partial charge < -0.3 is 4.90 Å². The van der Waals surface area contributed by atoms with Crippen LogP contribution in [0.4, 0.5) is 5.82 Å². The summed E-state index contributed by atoms with van der Waals surface area (Å²) in [5, 5.41) is 0.722. The minimum Gasteiger partial charge on any atom is -0.354 e. The first-order chi connectivity index (χ1) is 13.8. The van der Waals surface area contributed by atoms with E-state index in [-0.39, 0.29) is 0 Å². The predicted octanol–water partition coefficient (Wildman–Crippen LogP) is 3.24. The zero-order valence-electron chi connectivity index (χ0n) is 16.9. The van der Waals surface area contributed by atoms with Gasteiger partial charge >= 0.3 is 0 Å². The van der Waals surface area contributed by atoms with E-state index in [0.717, 1.165) is 59.2 Å². The summed E-state index contributed by atoms with van der Waals surface area (Å²) in [6, 6.07) is 7.91. The van der Waals surface area contributed by atoms with Gasteiger partial charge in [0.1, 0.15) is 11.6 Å². The Morgan fingerprint density at radius 1 is 1.14 bits per heavy atom. The van der Waals surface area contributed by atoms with Crippen LogP contribution in [0, 0.1) is 0 Å². The molecule has 2 aliphatic rings. The molecule has 0 N–H and O–H groups in total. The number of benzene rings is 1. The summed E-state index contributed by atoms with van der Waals surface area (Å²) in [4.78, 5) is 12.1. The van der Waals surface area contributed by atoms with Gasteiger partial charge in [0.25, 0.3) is 0 Å². The Bertz CT molecular complexity index is 1000. The van der Waals surface area contributed by atoms with Crippen LogP contribution in [0.3, 0.4) is 0 Å². The number of nitrogens with zero attached hydrogens (tertiary/aromatic N) is 4. The van der Waals surface area contributed by atoms with Gasteiger partial charge in [0.2, 0.25) is 10.0 Å². The Labute approximate surface area is 178 Å². The van der Waals surface area contributed by atoms with E-state index in [1.807, 2.05) is 18.2 Å². The molecular weight excluding hydrogens is 408 g/mol. The number of halogens is 1. The Kier molecular flexibility index (Phi) is 5.82. The fourth-order valence-electron chi connectivity index (χ4n) is 3.88. The largest absolute Gasteiger partial charge is 0.354 e. The van der Waals surface area contributed by atoms with E-state index >= 15 is 0 Å².